The van der Waals surface area contributed by atoms with Crippen molar-refractivity contribution in [3.8, 4) is 0 Å². The summed E-state index contributed by atoms with van der Waals surface area (Å²) in [7, 11) is -4.07. The maximum absolute atomic E-state index is 10.9. The lowest BCUT2D eigenvalue weighted by molar-refractivity contribution is -0.116. The van der Waals surface area contributed by atoms with Crippen LogP contribution in [0.4, 0.5) is 0 Å². The topological polar surface area (TPSA) is 83.5 Å². The third-order valence-corrected chi connectivity index (χ3v) is 3.66. The maximum atomic E-state index is 10.9. The summed E-state index contributed by atoms with van der Waals surface area (Å²) in [5.74, 6) is -0.256. The van der Waals surface area contributed by atoms with Gasteiger partial charge in [-0.3, -0.25) is 9.35 Å². The third-order valence-electron chi connectivity index (χ3n) is 2.17. The van der Waals surface area contributed by atoms with Crippen LogP contribution in [0, 0.1) is 6.42 Å². The molecule has 0 atom stereocenters. The maximum Gasteiger partial charge on any atom is 0.270 e. The lowest BCUT2D eigenvalue weighted by Gasteiger charge is -2.19. The van der Waals surface area contributed by atoms with Gasteiger partial charge >= 0.3 is 0 Å². The molecular weight excluding hydrogens is 230 g/mol. The van der Waals surface area contributed by atoms with Crippen molar-refractivity contribution >= 4 is 16.0 Å². The minimum absolute atomic E-state index is 0.256. The van der Waals surface area contributed by atoms with Gasteiger partial charge in [-0.1, -0.05) is 6.58 Å². The Bertz CT molecular complexity index is 346. The van der Waals surface area contributed by atoms with Crippen LogP contribution in [-0.2, 0) is 14.9 Å². The second-order valence-electron chi connectivity index (χ2n) is 3.92. The van der Waals surface area contributed by atoms with Crippen LogP contribution in [0.3, 0.4) is 0 Å². The first kappa shape index (κ1) is 15.1. The van der Waals surface area contributed by atoms with E-state index in [0.29, 0.717) is 19.4 Å². The standard InChI is InChI=1S/C10H18NO4S/c1-4-9(12)11-8-6-5-7-10(2,3)16(13,14)15/h4,7H,1,5-6,8H2,2-3H3,(H,11,12)(H,13,14,15). The van der Waals surface area contributed by atoms with Crippen LogP contribution in [0.25, 0.3) is 0 Å². The molecule has 16 heavy (non-hydrogen) atoms. The molecule has 0 aromatic heterocycles. The fraction of sp³-hybridized carbons (Fsp3) is 0.600. The molecule has 0 aromatic rings. The molecule has 0 heterocycles. The predicted octanol–water partition coefficient (Wildman–Crippen LogP) is 0.939. The molecule has 0 aliphatic carbocycles. The van der Waals surface area contributed by atoms with Crippen LogP contribution in [-0.4, -0.2) is 30.2 Å². The van der Waals surface area contributed by atoms with E-state index >= 15 is 0 Å². The number of carbonyl (C=O) groups is 1. The second kappa shape index (κ2) is 6.00. The van der Waals surface area contributed by atoms with Crippen LogP contribution >= 0.6 is 0 Å². The average molecular weight is 248 g/mol. The molecular formula is C10H18NO4S. The number of nitrogens with one attached hydrogen (secondary N) is 1. The number of hydrogen-bond acceptors (Lipinski definition) is 3. The van der Waals surface area contributed by atoms with Gasteiger partial charge in [-0.25, -0.2) is 0 Å². The van der Waals surface area contributed by atoms with Crippen LogP contribution < -0.4 is 5.32 Å². The predicted molar refractivity (Wildman–Crippen MR) is 62.4 cm³/mol. The van der Waals surface area contributed by atoms with Crippen molar-refractivity contribution in [1.82, 2.24) is 5.32 Å². The number of carbonyl (C=O) groups excluding carboxylic acids is 1. The number of unbranched alkanes of at least 4 members (excludes halogenated alkanes) is 1. The van der Waals surface area contributed by atoms with E-state index in [-0.39, 0.29) is 5.91 Å². The first-order chi connectivity index (χ1) is 7.20. The van der Waals surface area contributed by atoms with Gasteiger partial charge < -0.3 is 5.32 Å². The molecule has 1 radical (unpaired) electrons. The van der Waals surface area contributed by atoms with Gasteiger partial charge in [-0.15, -0.1) is 0 Å². The summed E-state index contributed by atoms with van der Waals surface area (Å²) in [6.07, 6.45) is 3.79. The highest BCUT2D eigenvalue weighted by molar-refractivity contribution is 7.87. The molecule has 0 unspecified atom stereocenters. The van der Waals surface area contributed by atoms with Crippen molar-refractivity contribution in [2.24, 2.45) is 0 Å². The van der Waals surface area contributed by atoms with Crippen LogP contribution in [0.15, 0.2) is 12.7 Å². The summed E-state index contributed by atoms with van der Waals surface area (Å²) in [6, 6.07) is 0. The van der Waals surface area contributed by atoms with Crippen LogP contribution in [0.2, 0.25) is 0 Å². The molecule has 0 aromatic carbocycles. The Morgan fingerprint density at radius 1 is 1.50 bits per heavy atom. The van der Waals surface area contributed by atoms with Gasteiger partial charge in [-0.2, -0.15) is 8.42 Å². The molecule has 6 heteroatoms. The number of hydrogen-bond donors (Lipinski definition) is 2. The van der Waals surface area contributed by atoms with Crippen LogP contribution in [0.1, 0.15) is 26.7 Å². The minimum Gasteiger partial charge on any atom is -0.353 e. The lowest BCUT2D eigenvalue weighted by Crippen LogP contribution is -2.32. The highest BCUT2D eigenvalue weighted by Gasteiger charge is 2.31. The fourth-order valence-electron chi connectivity index (χ4n) is 0.941. The molecule has 0 aliphatic rings. The SMILES string of the molecule is C=CC(=O)NCCC[CH]C(C)(C)S(=O)(=O)O. The summed E-state index contributed by atoms with van der Waals surface area (Å²) in [5.41, 5.74) is 0. The third kappa shape index (κ3) is 5.27. The summed E-state index contributed by atoms with van der Waals surface area (Å²) >= 11 is 0. The Labute approximate surface area is 96.7 Å². The van der Waals surface area contributed by atoms with E-state index in [0.717, 1.165) is 0 Å². The molecule has 5 nitrogen and oxygen atoms in total. The normalized spacial score (nSPS) is 12.2. The molecule has 0 spiro atoms. The zero-order valence-electron chi connectivity index (χ0n) is 9.56. The van der Waals surface area contributed by atoms with Crippen molar-refractivity contribution in [2.75, 3.05) is 6.54 Å². The molecule has 0 saturated carbocycles. The molecule has 0 aliphatic heterocycles. The first-order valence-electron chi connectivity index (χ1n) is 4.92. The van der Waals surface area contributed by atoms with Gasteiger partial charge in [0.15, 0.2) is 0 Å². The van der Waals surface area contributed by atoms with Gasteiger partial charge in [0, 0.05) is 6.54 Å². The Hall–Kier alpha value is -0.880. The molecule has 0 fully saturated rings. The molecule has 0 rings (SSSR count). The summed E-state index contributed by atoms with van der Waals surface area (Å²) in [6.45, 7) is 6.59. The number of rotatable bonds is 7. The Morgan fingerprint density at radius 2 is 2.06 bits per heavy atom. The van der Waals surface area contributed by atoms with E-state index in [4.69, 9.17) is 4.55 Å². The van der Waals surface area contributed by atoms with Gasteiger partial charge in [-0.05, 0) is 39.2 Å². The average Bonchev–Trinajstić information content (AvgIpc) is 2.15. The summed E-state index contributed by atoms with van der Waals surface area (Å²) in [5, 5.41) is 2.57. The molecule has 2 N–H and O–H groups in total. The summed E-state index contributed by atoms with van der Waals surface area (Å²) < 4.78 is 29.5. The molecule has 0 bridgehead atoms. The smallest absolute Gasteiger partial charge is 0.270 e. The van der Waals surface area contributed by atoms with E-state index in [2.05, 4.69) is 11.9 Å². The first-order valence-corrected chi connectivity index (χ1v) is 6.36. The Kier molecular flexibility index (Phi) is 5.67. The van der Waals surface area contributed by atoms with E-state index in [1.165, 1.54) is 26.3 Å². The monoisotopic (exact) mass is 248 g/mol. The van der Waals surface area contributed by atoms with E-state index in [1.807, 2.05) is 0 Å². The van der Waals surface area contributed by atoms with E-state index in [9.17, 15) is 13.2 Å². The molecule has 1 amide bonds. The van der Waals surface area contributed by atoms with E-state index < -0.39 is 14.9 Å². The minimum atomic E-state index is -4.07. The molecule has 0 saturated heterocycles. The Morgan fingerprint density at radius 3 is 2.50 bits per heavy atom. The van der Waals surface area contributed by atoms with Gasteiger partial charge in [0.05, 0.1) is 4.75 Å². The van der Waals surface area contributed by atoms with E-state index in [1.54, 1.807) is 0 Å². The Balaban J connectivity index is 3.83. The zero-order valence-corrected chi connectivity index (χ0v) is 10.4. The molecule has 93 valence electrons. The lowest BCUT2D eigenvalue weighted by atomic mass is 10.1. The van der Waals surface area contributed by atoms with Gasteiger partial charge in [0.2, 0.25) is 5.91 Å². The van der Waals surface area contributed by atoms with Crippen molar-refractivity contribution in [3.63, 3.8) is 0 Å². The van der Waals surface area contributed by atoms with Gasteiger partial charge in [0.1, 0.15) is 0 Å². The highest BCUT2D eigenvalue weighted by atomic mass is 32.2. The van der Waals surface area contributed by atoms with Crippen molar-refractivity contribution in [2.45, 2.75) is 31.4 Å². The van der Waals surface area contributed by atoms with Crippen molar-refractivity contribution < 1.29 is 17.8 Å². The van der Waals surface area contributed by atoms with Crippen molar-refractivity contribution in [3.05, 3.63) is 19.1 Å². The van der Waals surface area contributed by atoms with Crippen LogP contribution in [0.5, 0.6) is 0 Å². The largest absolute Gasteiger partial charge is 0.353 e. The van der Waals surface area contributed by atoms with Crippen molar-refractivity contribution in [1.29, 1.82) is 0 Å². The number of amides is 1. The fourth-order valence-corrected chi connectivity index (χ4v) is 1.27. The second-order valence-corrected chi connectivity index (χ2v) is 5.92. The highest BCUT2D eigenvalue weighted by Crippen LogP contribution is 2.20. The zero-order chi connectivity index (χ0) is 12.8. The van der Waals surface area contributed by atoms with Gasteiger partial charge in [0.25, 0.3) is 10.1 Å². The summed E-state index contributed by atoms with van der Waals surface area (Å²) in [4.78, 5) is 10.8. The quantitative estimate of drug-likeness (QED) is 0.399.